The van der Waals surface area contributed by atoms with Crippen LogP contribution in [0.1, 0.15) is 166 Å². The van der Waals surface area contributed by atoms with Crippen molar-refractivity contribution in [1.82, 2.24) is 0 Å². The molecule has 368 valence electrons. The first-order valence-electron chi connectivity index (χ1n) is 26.6. The van der Waals surface area contributed by atoms with Crippen molar-refractivity contribution in [1.29, 1.82) is 0 Å². The fraction of sp³-hybridized carbons (Fsp3) is 0.446. The zero-order valence-corrected chi connectivity index (χ0v) is 46.9. The van der Waals surface area contributed by atoms with Crippen LogP contribution in [-0.4, -0.2) is 0 Å². The van der Waals surface area contributed by atoms with Gasteiger partial charge in [0.25, 0.3) is 0 Å². The first kappa shape index (κ1) is 50.5. The molecule has 0 saturated carbocycles. The summed E-state index contributed by atoms with van der Waals surface area (Å²) in [7, 11) is -2.14. The first-order chi connectivity index (χ1) is 33.1. The van der Waals surface area contributed by atoms with E-state index in [1.54, 1.807) is 0 Å². The van der Waals surface area contributed by atoms with E-state index in [4.69, 9.17) is 14.2 Å². The quantitative estimate of drug-likeness (QED) is 0.102. The molecule has 6 aromatic carbocycles. The number of hydrogen-bond acceptors (Lipinski definition) is 3. The maximum absolute atomic E-state index is 7.89. The van der Waals surface area contributed by atoms with Crippen LogP contribution in [0, 0.1) is 36.5 Å². The van der Waals surface area contributed by atoms with E-state index in [9.17, 15) is 0 Å². The van der Waals surface area contributed by atoms with E-state index in [2.05, 4.69) is 194 Å². The highest BCUT2D eigenvalue weighted by atomic mass is 31.1. The van der Waals surface area contributed by atoms with Gasteiger partial charge in [-0.25, -0.2) is 0 Å². The Kier molecular flexibility index (Phi) is 14.4. The van der Waals surface area contributed by atoms with Crippen LogP contribution in [0.15, 0.2) is 97.1 Å². The average Bonchev–Trinajstić information content (AvgIpc) is 3.28. The second kappa shape index (κ2) is 19.9. The lowest BCUT2D eigenvalue weighted by molar-refractivity contribution is 0.365. The predicted molar refractivity (Wildman–Crippen MR) is 303 cm³/mol. The van der Waals surface area contributed by atoms with Gasteiger partial charge in [0, 0.05) is 48.4 Å². The molecule has 6 aromatic rings. The highest BCUT2D eigenvalue weighted by molar-refractivity contribution is 7.81. The smallest absolute Gasteiger partial charge is 0.139 e. The van der Waals surface area contributed by atoms with Gasteiger partial charge in [-0.1, -0.05) is 119 Å². The van der Waals surface area contributed by atoms with Crippen LogP contribution in [0.4, 0.5) is 0 Å². The van der Waals surface area contributed by atoms with Gasteiger partial charge in [-0.05, 0) is 211 Å². The molecule has 0 aliphatic carbocycles. The molecule has 0 amide bonds. The normalized spacial score (nSPS) is 16.6. The molecule has 70 heavy (non-hydrogen) atoms. The molecule has 0 spiro atoms. The van der Waals surface area contributed by atoms with Gasteiger partial charge in [0.05, 0.1) is 0 Å². The summed E-state index contributed by atoms with van der Waals surface area (Å²) in [6.07, 6.45) is 11.2. The Hall–Kier alpha value is -4.42. The minimum Gasteiger partial charge on any atom is -0.456 e. The third-order valence-electron chi connectivity index (χ3n) is 14.8. The third kappa shape index (κ3) is 10.8. The molecule has 2 unspecified atom stereocenters. The molecule has 3 aliphatic rings. The van der Waals surface area contributed by atoms with Crippen LogP contribution in [0.5, 0.6) is 34.5 Å². The van der Waals surface area contributed by atoms with E-state index in [1.165, 1.54) is 89.2 Å². The number of ether oxygens (including phenoxy) is 3. The van der Waals surface area contributed by atoms with Crippen molar-refractivity contribution in [2.75, 3.05) is 0 Å². The van der Waals surface area contributed by atoms with E-state index in [0.29, 0.717) is 22.7 Å². The Bertz CT molecular complexity index is 2710. The largest absolute Gasteiger partial charge is 0.456 e. The molecular formula is C65H80O3P2. The third-order valence-corrected chi connectivity index (χ3v) is 19.7. The highest BCUT2D eigenvalue weighted by Crippen LogP contribution is 2.56. The fourth-order valence-electron chi connectivity index (χ4n) is 10.7. The second-order valence-corrected chi connectivity index (χ2v) is 29.1. The highest BCUT2D eigenvalue weighted by Gasteiger charge is 2.43. The van der Waals surface area contributed by atoms with Gasteiger partial charge in [-0.15, -0.1) is 0 Å². The Morgan fingerprint density at radius 1 is 0.429 bits per heavy atom. The van der Waals surface area contributed by atoms with Gasteiger partial charge >= 0.3 is 0 Å². The number of hydrogen-bond donors (Lipinski definition) is 0. The Labute approximate surface area is 425 Å². The molecule has 0 saturated heterocycles. The number of rotatable bonds is 14. The zero-order chi connectivity index (χ0) is 49.9. The van der Waals surface area contributed by atoms with Crippen molar-refractivity contribution in [3.8, 4) is 34.5 Å². The maximum Gasteiger partial charge on any atom is 0.139 e. The van der Waals surface area contributed by atoms with Crippen molar-refractivity contribution >= 4 is 47.7 Å². The van der Waals surface area contributed by atoms with Crippen molar-refractivity contribution in [2.45, 2.75) is 167 Å². The van der Waals surface area contributed by atoms with Crippen LogP contribution in [0.25, 0.3) is 0 Å². The number of benzene rings is 6. The summed E-state index contributed by atoms with van der Waals surface area (Å²) in [6, 6.07) is 37.9. The van der Waals surface area contributed by atoms with Gasteiger partial charge in [-0.2, -0.15) is 0 Å². The van der Waals surface area contributed by atoms with E-state index in [0.717, 1.165) is 85.9 Å². The lowest BCUT2D eigenvalue weighted by Gasteiger charge is -2.40. The Morgan fingerprint density at radius 2 is 0.757 bits per heavy atom. The summed E-state index contributed by atoms with van der Waals surface area (Å²) in [6.45, 7) is 32.9. The van der Waals surface area contributed by atoms with Gasteiger partial charge in [0.2, 0.25) is 0 Å². The van der Waals surface area contributed by atoms with Crippen LogP contribution >= 0.6 is 15.8 Å². The van der Waals surface area contributed by atoms with Crippen LogP contribution in [0.2, 0.25) is 0 Å². The number of fused-ring (bicyclic) bond motifs is 6. The average molecular weight is 971 g/mol. The summed E-state index contributed by atoms with van der Waals surface area (Å²) in [5.74, 6) is 7.19. The lowest BCUT2D eigenvalue weighted by atomic mass is 9.75. The monoisotopic (exact) mass is 971 g/mol. The molecule has 3 nitrogen and oxygen atoms in total. The minimum absolute atomic E-state index is 0.300. The fourth-order valence-corrected chi connectivity index (χ4v) is 16.2. The molecule has 0 aromatic heterocycles. The Balaban J connectivity index is 1.23. The van der Waals surface area contributed by atoms with Crippen LogP contribution < -0.4 is 46.0 Å². The van der Waals surface area contributed by atoms with E-state index in [1.807, 2.05) is 0 Å². The molecule has 0 radical (unpaired) electrons. The van der Waals surface area contributed by atoms with E-state index < -0.39 is 15.8 Å². The molecule has 0 bridgehead atoms. The second-order valence-electron chi connectivity index (χ2n) is 24.8. The zero-order valence-electron chi connectivity index (χ0n) is 45.1. The molecule has 2 atom stereocenters. The van der Waals surface area contributed by atoms with Crippen molar-refractivity contribution < 1.29 is 14.2 Å². The first-order valence-corrected chi connectivity index (χ1v) is 29.3. The van der Waals surface area contributed by atoms with Gasteiger partial charge in [0.15, 0.2) is 0 Å². The summed E-state index contributed by atoms with van der Waals surface area (Å²) >= 11 is 0. The molecule has 0 N–H and O–H groups in total. The maximum atomic E-state index is 7.89. The number of aryl methyl sites for hydroxylation is 6. The van der Waals surface area contributed by atoms with E-state index >= 15 is 0 Å². The van der Waals surface area contributed by atoms with Crippen molar-refractivity contribution in [2.24, 2.45) is 22.7 Å². The molecular weight excluding hydrogens is 891 g/mol. The molecule has 3 heterocycles. The van der Waals surface area contributed by atoms with Gasteiger partial charge < -0.3 is 14.2 Å². The molecule has 5 heteroatoms. The molecule has 3 aliphatic heterocycles. The SMILES string of the molecule is Cc1cc(P2c3cc(CCCC(C)(C)C)ccc3Oc3ccc(CCC(C)C)cc32)c2c(c1)C(C)(C)c1cc(C)cc(P3c4cc(CCCC(C)(C)C)ccc4Oc4ccc(CCC(C)C)cc43)c1O2. The predicted octanol–water partition coefficient (Wildman–Crippen LogP) is 16.4. The minimum atomic E-state index is -1.07. The standard InChI is InChI=1S/C65H80O3P2/c1-41(2)19-21-47-25-29-53-57(39-47)69(55-37-45(23-27-51(55)66-53)17-15-31-63(7,8)9)59-35-43(5)33-49-61(59)68-62-50(65(49,13)14)34-44(6)36-60(62)70-56-38-46(18-16-32-64(10,11)12)24-28-52(56)67-54-30-26-48(40-58(54)70)22-20-42(3)4/h23-30,33-42H,15-22,31-32H2,1-14H3. The van der Waals surface area contributed by atoms with Gasteiger partial charge in [-0.3, -0.25) is 0 Å². The summed E-state index contributed by atoms with van der Waals surface area (Å²) in [5.41, 5.74) is 10.8. The van der Waals surface area contributed by atoms with Gasteiger partial charge in [0.1, 0.15) is 34.5 Å². The molecule has 9 rings (SSSR count). The van der Waals surface area contributed by atoms with Crippen molar-refractivity contribution in [3.63, 3.8) is 0 Å². The summed E-state index contributed by atoms with van der Waals surface area (Å²) in [4.78, 5) is 0. The Morgan fingerprint density at radius 3 is 1.07 bits per heavy atom. The molecule has 0 fully saturated rings. The van der Waals surface area contributed by atoms with E-state index in [-0.39, 0.29) is 5.41 Å². The summed E-state index contributed by atoms with van der Waals surface area (Å²) in [5, 5.41) is 7.75. The summed E-state index contributed by atoms with van der Waals surface area (Å²) < 4.78 is 21.7. The lowest BCUT2D eigenvalue weighted by Crippen LogP contribution is -2.35. The van der Waals surface area contributed by atoms with Crippen LogP contribution in [0.3, 0.4) is 0 Å². The topological polar surface area (TPSA) is 27.7 Å². The van der Waals surface area contributed by atoms with Crippen LogP contribution in [-0.2, 0) is 31.1 Å². The van der Waals surface area contributed by atoms with Crippen molar-refractivity contribution in [3.05, 3.63) is 142 Å².